The number of aliphatic hydroxyl groups is 1. The van der Waals surface area contributed by atoms with E-state index < -0.39 is 0 Å². The van der Waals surface area contributed by atoms with Crippen LogP contribution in [0, 0.1) is 0 Å². The molecule has 0 fully saturated rings. The molecule has 0 saturated heterocycles. The van der Waals surface area contributed by atoms with Gasteiger partial charge in [0.15, 0.2) is 0 Å². The van der Waals surface area contributed by atoms with Gasteiger partial charge in [-0.15, -0.1) is 23.1 Å². The van der Waals surface area contributed by atoms with Gasteiger partial charge in [-0.25, -0.2) is 4.98 Å². The Bertz CT molecular complexity index is 1030. The van der Waals surface area contributed by atoms with Gasteiger partial charge >= 0.3 is 0 Å². The van der Waals surface area contributed by atoms with Crippen molar-refractivity contribution < 1.29 is 5.11 Å². The van der Waals surface area contributed by atoms with E-state index in [0.29, 0.717) is 0 Å². The number of fused-ring (bicyclic) bond motifs is 2. The molecule has 1 atom stereocenters. The quantitative estimate of drug-likeness (QED) is 0.483. The summed E-state index contributed by atoms with van der Waals surface area (Å²) in [5.41, 5.74) is 5.83. The molecule has 4 nitrogen and oxygen atoms in total. The monoisotopic (exact) mass is 367 g/mol. The second-order valence-corrected chi connectivity index (χ2v) is 8.21. The summed E-state index contributed by atoms with van der Waals surface area (Å²) in [6.07, 6.45) is 1.81. The average molecular weight is 367 g/mol. The van der Waals surface area contributed by atoms with Gasteiger partial charge in [0.05, 0.1) is 27.9 Å². The van der Waals surface area contributed by atoms with Crippen LogP contribution in [0.25, 0.3) is 21.1 Å². The van der Waals surface area contributed by atoms with Crippen molar-refractivity contribution in [2.24, 2.45) is 0 Å². The Kier molecular flexibility index (Phi) is 4.57. The number of benzene rings is 2. The van der Waals surface area contributed by atoms with E-state index >= 15 is 0 Å². The van der Waals surface area contributed by atoms with Gasteiger partial charge in [-0.2, -0.15) is 0 Å². The van der Waals surface area contributed by atoms with Crippen molar-refractivity contribution in [1.29, 1.82) is 0 Å². The number of hydrogen-bond donors (Lipinski definition) is 2. The van der Waals surface area contributed by atoms with Crippen molar-refractivity contribution in [1.82, 2.24) is 9.97 Å². The molecule has 0 bridgehead atoms. The van der Waals surface area contributed by atoms with E-state index in [4.69, 9.17) is 0 Å². The predicted molar refractivity (Wildman–Crippen MR) is 107 cm³/mol. The summed E-state index contributed by atoms with van der Waals surface area (Å²) >= 11 is 3.30. The molecule has 0 aliphatic rings. The first-order chi connectivity index (χ1) is 12.2. The van der Waals surface area contributed by atoms with Crippen LogP contribution in [0.3, 0.4) is 0 Å². The molecule has 6 heteroatoms. The van der Waals surface area contributed by atoms with Crippen molar-refractivity contribution >= 4 is 55.6 Å². The van der Waals surface area contributed by atoms with E-state index in [0.717, 1.165) is 32.7 Å². The SMILES string of the molecule is CC(CO)Sc1ccc2nccc(Nc3ccc4scnc4c3)c2c1. The Balaban J connectivity index is 1.71. The minimum atomic E-state index is 0.161. The van der Waals surface area contributed by atoms with Crippen molar-refractivity contribution in [3.63, 3.8) is 0 Å². The second kappa shape index (κ2) is 7.00. The summed E-state index contributed by atoms with van der Waals surface area (Å²) in [4.78, 5) is 9.96. The highest BCUT2D eigenvalue weighted by atomic mass is 32.2. The minimum Gasteiger partial charge on any atom is -0.395 e. The molecule has 1 unspecified atom stereocenters. The summed E-state index contributed by atoms with van der Waals surface area (Å²) in [6.45, 7) is 2.18. The van der Waals surface area contributed by atoms with Gasteiger partial charge < -0.3 is 10.4 Å². The molecule has 0 aliphatic heterocycles. The molecule has 2 heterocycles. The molecule has 2 aromatic carbocycles. The highest BCUT2D eigenvalue weighted by molar-refractivity contribution is 8.00. The number of thioether (sulfide) groups is 1. The molecule has 2 N–H and O–H groups in total. The zero-order chi connectivity index (χ0) is 17.2. The molecule has 2 aromatic heterocycles. The number of anilines is 2. The first-order valence-electron chi connectivity index (χ1n) is 7.99. The van der Waals surface area contributed by atoms with E-state index in [2.05, 4.69) is 45.6 Å². The van der Waals surface area contributed by atoms with Crippen molar-refractivity contribution in [3.05, 3.63) is 54.2 Å². The largest absolute Gasteiger partial charge is 0.395 e. The summed E-state index contributed by atoms with van der Waals surface area (Å²) in [7, 11) is 0. The lowest BCUT2D eigenvalue weighted by atomic mass is 10.2. The summed E-state index contributed by atoms with van der Waals surface area (Å²) in [5.74, 6) is 0. The zero-order valence-corrected chi connectivity index (χ0v) is 15.3. The molecule has 4 rings (SSSR count). The highest BCUT2D eigenvalue weighted by Crippen LogP contribution is 2.32. The van der Waals surface area contributed by atoms with Gasteiger partial charge in [-0.05, 0) is 42.5 Å². The number of nitrogens with one attached hydrogen (secondary N) is 1. The lowest BCUT2D eigenvalue weighted by Crippen LogP contribution is -2.01. The molecule has 4 aromatic rings. The molecule has 0 saturated carbocycles. The van der Waals surface area contributed by atoms with Crippen LogP contribution in [0.2, 0.25) is 0 Å². The van der Waals surface area contributed by atoms with Crippen molar-refractivity contribution in [2.45, 2.75) is 17.1 Å². The molecular weight excluding hydrogens is 350 g/mol. The first-order valence-corrected chi connectivity index (χ1v) is 9.75. The number of aliphatic hydroxyl groups excluding tert-OH is 1. The standard InChI is InChI=1S/C19H17N3OS2/c1-12(10-23)25-14-3-4-16-15(9-14)17(6-7-20-16)22-13-2-5-19-18(8-13)21-11-24-19/h2-9,11-12,23H,10H2,1H3,(H,20,22). The maximum absolute atomic E-state index is 9.28. The van der Waals surface area contributed by atoms with E-state index in [1.807, 2.05) is 30.8 Å². The van der Waals surface area contributed by atoms with Gasteiger partial charge in [0.2, 0.25) is 0 Å². The van der Waals surface area contributed by atoms with Crippen molar-refractivity contribution in [2.75, 3.05) is 11.9 Å². The summed E-state index contributed by atoms with van der Waals surface area (Å²) in [6, 6.07) is 14.4. The van der Waals surface area contributed by atoms with Gasteiger partial charge in [0, 0.05) is 33.1 Å². The molecule has 0 spiro atoms. The fourth-order valence-electron chi connectivity index (χ4n) is 2.67. The topological polar surface area (TPSA) is 58.0 Å². The van der Waals surface area contributed by atoms with Crippen LogP contribution in [-0.2, 0) is 0 Å². The van der Waals surface area contributed by atoms with E-state index in [9.17, 15) is 5.11 Å². The third kappa shape index (κ3) is 3.46. The summed E-state index contributed by atoms with van der Waals surface area (Å²) < 4.78 is 1.18. The first kappa shape index (κ1) is 16.3. The van der Waals surface area contributed by atoms with Crippen LogP contribution in [0.4, 0.5) is 11.4 Å². The third-order valence-corrected chi connectivity index (χ3v) is 5.80. The Morgan fingerprint density at radius 2 is 2.04 bits per heavy atom. The van der Waals surface area contributed by atoms with Gasteiger partial charge in [0.1, 0.15) is 0 Å². The van der Waals surface area contributed by atoms with Gasteiger partial charge in [-0.1, -0.05) is 6.92 Å². The van der Waals surface area contributed by atoms with Crippen LogP contribution in [0.15, 0.2) is 59.1 Å². The Morgan fingerprint density at radius 3 is 2.92 bits per heavy atom. The van der Waals surface area contributed by atoms with E-state index in [-0.39, 0.29) is 11.9 Å². The molecular formula is C19H17N3OS2. The number of nitrogens with zero attached hydrogens (tertiary/aromatic N) is 2. The molecule has 0 radical (unpaired) electrons. The minimum absolute atomic E-state index is 0.161. The second-order valence-electron chi connectivity index (χ2n) is 5.81. The lowest BCUT2D eigenvalue weighted by Gasteiger charge is -2.12. The molecule has 25 heavy (non-hydrogen) atoms. The van der Waals surface area contributed by atoms with Gasteiger partial charge in [0.25, 0.3) is 0 Å². The number of thiazole rings is 1. The maximum Gasteiger partial charge on any atom is 0.0832 e. The molecule has 126 valence electrons. The fraction of sp³-hybridized carbons (Fsp3) is 0.158. The maximum atomic E-state index is 9.28. The number of rotatable bonds is 5. The molecule has 0 amide bonds. The smallest absolute Gasteiger partial charge is 0.0832 e. The van der Waals surface area contributed by atoms with E-state index in [1.54, 1.807) is 23.1 Å². The van der Waals surface area contributed by atoms with Crippen LogP contribution >= 0.6 is 23.1 Å². The Morgan fingerprint density at radius 1 is 1.12 bits per heavy atom. The van der Waals surface area contributed by atoms with Crippen LogP contribution in [-0.4, -0.2) is 26.9 Å². The predicted octanol–water partition coefficient (Wildman–Crippen LogP) is 5.06. The zero-order valence-electron chi connectivity index (χ0n) is 13.6. The fourth-order valence-corrected chi connectivity index (χ4v) is 4.20. The van der Waals surface area contributed by atoms with E-state index in [1.165, 1.54) is 4.70 Å². The summed E-state index contributed by atoms with van der Waals surface area (Å²) in [5, 5.41) is 14.0. The van der Waals surface area contributed by atoms with Crippen LogP contribution in [0.1, 0.15) is 6.92 Å². The Hall–Kier alpha value is -2.15. The van der Waals surface area contributed by atoms with Crippen LogP contribution < -0.4 is 5.32 Å². The molecule has 0 aliphatic carbocycles. The van der Waals surface area contributed by atoms with Crippen molar-refractivity contribution in [3.8, 4) is 0 Å². The normalized spacial score (nSPS) is 12.6. The van der Waals surface area contributed by atoms with Gasteiger partial charge in [-0.3, -0.25) is 4.98 Å². The lowest BCUT2D eigenvalue weighted by molar-refractivity contribution is 0.300. The third-order valence-electron chi connectivity index (χ3n) is 3.92. The Labute approximate surface area is 153 Å². The number of hydrogen-bond acceptors (Lipinski definition) is 6. The average Bonchev–Trinajstić information content (AvgIpc) is 3.10. The number of aromatic nitrogens is 2. The van der Waals surface area contributed by atoms with Crippen LogP contribution in [0.5, 0.6) is 0 Å². The highest BCUT2D eigenvalue weighted by Gasteiger charge is 2.08. The number of pyridine rings is 1.